The van der Waals surface area contributed by atoms with Gasteiger partial charge >= 0.3 is 0 Å². The van der Waals surface area contributed by atoms with Crippen LogP contribution in [-0.2, 0) is 5.75 Å². The van der Waals surface area contributed by atoms with Gasteiger partial charge in [0, 0.05) is 34.2 Å². The number of amides is 1. The predicted molar refractivity (Wildman–Crippen MR) is 107 cm³/mol. The molecule has 0 aliphatic heterocycles. The van der Waals surface area contributed by atoms with Crippen LogP contribution in [0.1, 0.15) is 22.8 Å². The van der Waals surface area contributed by atoms with Crippen LogP contribution < -0.4 is 10.1 Å². The molecule has 0 saturated heterocycles. The van der Waals surface area contributed by atoms with E-state index in [1.165, 1.54) is 17.8 Å². The maximum Gasteiger partial charge on any atom is 0.251 e. The molecule has 0 spiro atoms. The first kappa shape index (κ1) is 20.3. The molecule has 0 saturated carbocycles. The summed E-state index contributed by atoms with van der Waals surface area (Å²) in [7, 11) is 0. The number of nitrogens with one attached hydrogen (secondary N) is 1. The van der Waals surface area contributed by atoms with Gasteiger partial charge in [-0.25, -0.2) is 4.39 Å². The van der Waals surface area contributed by atoms with Crippen LogP contribution in [0.25, 0.3) is 0 Å². The molecule has 1 amide bonds. The average Bonchev–Trinajstić information content (AvgIpc) is 2.62. The fourth-order valence-electron chi connectivity index (χ4n) is 2.12. The molecule has 0 atom stereocenters. The molecule has 2 rings (SSSR count). The van der Waals surface area contributed by atoms with Crippen molar-refractivity contribution in [2.75, 3.05) is 18.9 Å². The Morgan fingerprint density at radius 2 is 2.08 bits per heavy atom. The normalized spacial score (nSPS) is 10.4. The Kier molecular flexibility index (Phi) is 8.01. The van der Waals surface area contributed by atoms with Gasteiger partial charge in [-0.15, -0.1) is 0 Å². The average molecular weight is 394 g/mol. The van der Waals surface area contributed by atoms with Crippen LogP contribution in [0.15, 0.2) is 54.6 Å². The monoisotopic (exact) mass is 393 g/mol. The van der Waals surface area contributed by atoms with E-state index in [2.05, 4.69) is 11.9 Å². The summed E-state index contributed by atoms with van der Waals surface area (Å²) in [5, 5.41) is 3.27. The van der Waals surface area contributed by atoms with E-state index < -0.39 is 0 Å². The van der Waals surface area contributed by atoms with Gasteiger partial charge in [0.15, 0.2) is 0 Å². The minimum Gasteiger partial charge on any atom is -0.489 e. The van der Waals surface area contributed by atoms with Gasteiger partial charge < -0.3 is 10.1 Å². The third-order valence-electron chi connectivity index (χ3n) is 3.42. The first-order valence-electron chi connectivity index (χ1n) is 8.13. The van der Waals surface area contributed by atoms with Gasteiger partial charge in [-0.05, 0) is 42.8 Å². The summed E-state index contributed by atoms with van der Waals surface area (Å²) in [5.41, 5.74) is 1.94. The van der Waals surface area contributed by atoms with E-state index in [-0.39, 0.29) is 11.7 Å². The zero-order chi connectivity index (χ0) is 18.9. The van der Waals surface area contributed by atoms with E-state index in [1.807, 2.05) is 6.92 Å². The number of carbonyl (C=O) groups is 1. The van der Waals surface area contributed by atoms with Crippen molar-refractivity contribution in [2.24, 2.45) is 0 Å². The zero-order valence-corrected chi connectivity index (χ0v) is 16.1. The lowest BCUT2D eigenvalue weighted by molar-refractivity contribution is 0.0955. The minimum absolute atomic E-state index is 0.171. The van der Waals surface area contributed by atoms with Gasteiger partial charge in [-0.3, -0.25) is 4.79 Å². The van der Waals surface area contributed by atoms with Gasteiger partial charge in [0.25, 0.3) is 5.91 Å². The fourth-order valence-corrected chi connectivity index (χ4v) is 3.31. The Balaban J connectivity index is 1.76. The molecule has 0 bridgehead atoms. The zero-order valence-electron chi connectivity index (χ0n) is 14.6. The van der Waals surface area contributed by atoms with Crippen LogP contribution in [0.2, 0.25) is 5.02 Å². The molecule has 6 heteroatoms. The Bertz CT molecular complexity index is 762. The number of benzene rings is 2. The number of hydrogen-bond donors (Lipinski definition) is 1. The molecular formula is C20H21ClFNO2S. The van der Waals surface area contributed by atoms with Crippen molar-refractivity contribution in [3.8, 4) is 5.75 Å². The molecule has 0 aliphatic rings. The number of carbonyl (C=O) groups excluding carboxylic acids is 1. The largest absolute Gasteiger partial charge is 0.489 e. The summed E-state index contributed by atoms with van der Waals surface area (Å²) in [6.07, 6.45) is 0. The smallest absolute Gasteiger partial charge is 0.251 e. The third kappa shape index (κ3) is 6.39. The number of ether oxygens (including phenoxy) is 1. The van der Waals surface area contributed by atoms with Gasteiger partial charge in [0.2, 0.25) is 0 Å². The second kappa shape index (κ2) is 10.2. The third-order valence-corrected chi connectivity index (χ3v) is 4.76. The molecule has 2 aromatic carbocycles. The molecule has 0 radical (unpaired) electrons. The van der Waals surface area contributed by atoms with E-state index in [1.54, 1.807) is 36.4 Å². The summed E-state index contributed by atoms with van der Waals surface area (Å²) >= 11 is 7.51. The highest BCUT2D eigenvalue weighted by molar-refractivity contribution is 7.98. The van der Waals surface area contributed by atoms with E-state index in [0.717, 1.165) is 5.57 Å². The quantitative estimate of drug-likeness (QED) is 0.476. The van der Waals surface area contributed by atoms with Crippen molar-refractivity contribution < 1.29 is 13.9 Å². The SMILES string of the molecule is C=C(C)COc1cccc(C(=O)NCCSCc2c(F)cccc2Cl)c1. The predicted octanol–water partition coefficient (Wildman–Crippen LogP) is 5.10. The van der Waals surface area contributed by atoms with E-state index in [0.29, 0.717) is 46.6 Å². The maximum absolute atomic E-state index is 13.7. The molecule has 0 aliphatic carbocycles. The molecule has 0 unspecified atom stereocenters. The van der Waals surface area contributed by atoms with Crippen LogP contribution in [0.3, 0.4) is 0 Å². The van der Waals surface area contributed by atoms with Crippen LogP contribution in [0.5, 0.6) is 5.75 Å². The van der Waals surface area contributed by atoms with Crippen LogP contribution >= 0.6 is 23.4 Å². The van der Waals surface area contributed by atoms with Crippen LogP contribution in [-0.4, -0.2) is 24.8 Å². The lowest BCUT2D eigenvalue weighted by Crippen LogP contribution is -2.25. The summed E-state index contributed by atoms with van der Waals surface area (Å²) in [4.78, 5) is 12.2. The first-order chi connectivity index (χ1) is 12.5. The van der Waals surface area contributed by atoms with E-state index in [4.69, 9.17) is 16.3 Å². The summed E-state index contributed by atoms with van der Waals surface area (Å²) in [6.45, 7) is 6.55. The second-order valence-corrected chi connectivity index (χ2v) is 7.29. The molecule has 0 fully saturated rings. The summed E-state index contributed by atoms with van der Waals surface area (Å²) < 4.78 is 19.2. The van der Waals surface area contributed by atoms with E-state index >= 15 is 0 Å². The highest BCUT2D eigenvalue weighted by Gasteiger charge is 2.08. The van der Waals surface area contributed by atoms with Crippen molar-refractivity contribution in [3.05, 3.63) is 76.6 Å². The highest BCUT2D eigenvalue weighted by Crippen LogP contribution is 2.23. The Hall–Kier alpha value is -1.98. The fraction of sp³-hybridized carbons (Fsp3) is 0.250. The molecule has 2 aromatic rings. The van der Waals surface area contributed by atoms with Crippen molar-refractivity contribution in [2.45, 2.75) is 12.7 Å². The number of thioether (sulfide) groups is 1. The molecule has 3 nitrogen and oxygen atoms in total. The van der Waals surface area contributed by atoms with Gasteiger partial charge in [-0.2, -0.15) is 11.8 Å². The van der Waals surface area contributed by atoms with Gasteiger partial charge in [-0.1, -0.05) is 30.3 Å². The number of hydrogen-bond acceptors (Lipinski definition) is 3. The molecule has 1 N–H and O–H groups in total. The maximum atomic E-state index is 13.7. The number of rotatable bonds is 9. The van der Waals surface area contributed by atoms with Crippen molar-refractivity contribution in [1.82, 2.24) is 5.32 Å². The minimum atomic E-state index is -0.305. The second-order valence-electron chi connectivity index (χ2n) is 5.78. The highest BCUT2D eigenvalue weighted by atomic mass is 35.5. The van der Waals surface area contributed by atoms with Gasteiger partial charge in [0.05, 0.1) is 0 Å². The lowest BCUT2D eigenvalue weighted by atomic mass is 10.2. The van der Waals surface area contributed by atoms with E-state index in [9.17, 15) is 9.18 Å². The Labute approximate surface area is 162 Å². The van der Waals surface area contributed by atoms with Crippen molar-refractivity contribution >= 4 is 29.3 Å². The lowest BCUT2D eigenvalue weighted by Gasteiger charge is -2.09. The molecule has 0 aromatic heterocycles. The van der Waals surface area contributed by atoms with Crippen molar-refractivity contribution in [1.29, 1.82) is 0 Å². The topological polar surface area (TPSA) is 38.3 Å². The molecular weight excluding hydrogens is 373 g/mol. The summed E-state index contributed by atoms with van der Waals surface area (Å²) in [6, 6.07) is 11.7. The molecule has 0 heterocycles. The van der Waals surface area contributed by atoms with Crippen LogP contribution in [0.4, 0.5) is 4.39 Å². The van der Waals surface area contributed by atoms with Crippen molar-refractivity contribution in [3.63, 3.8) is 0 Å². The molecule has 26 heavy (non-hydrogen) atoms. The Morgan fingerprint density at radius 3 is 2.81 bits per heavy atom. The van der Waals surface area contributed by atoms with Gasteiger partial charge in [0.1, 0.15) is 18.2 Å². The van der Waals surface area contributed by atoms with Crippen LogP contribution in [0, 0.1) is 5.82 Å². The molecule has 138 valence electrons. The summed E-state index contributed by atoms with van der Waals surface area (Å²) in [5.74, 6) is 1.27. The standard InChI is InChI=1S/C20H21ClFNO2S/c1-14(2)12-25-16-6-3-5-15(11-16)20(24)23-9-10-26-13-17-18(21)7-4-8-19(17)22/h3-8,11H,1,9-10,12-13H2,2H3,(H,23,24). The Morgan fingerprint density at radius 1 is 1.31 bits per heavy atom. The first-order valence-corrected chi connectivity index (χ1v) is 9.66. The number of halogens is 2.